The Morgan fingerprint density at radius 2 is 1.89 bits per heavy atom. The zero-order valence-electron chi connectivity index (χ0n) is 18.7. The molecule has 186 valence electrons. The number of pyridine rings is 1. The maximum atomic E-state index is 13.1. The summed E-state index contributed by atoms with van der Waals surface area (Å²) < 4.78 is 53.2. The third kappa shape index (κ3) is 7.20. The lowest BCUT2D eigenvalue weighted by atomic mass is 10.1. The molecule has 7 nitrogen and oxygen atoms in total. The minimum absolute atomic E-state index is 0.147. The minimum atomic E-state index is -4.51. The molecule has 3 aromatic rings. The van der Waals surface area contributed by atoms with Crippen LogP contribution in [0.25, 0.3) is 11.3 Å². The molecule has 2 N–H and O–H groups in total. The van der Waals surface area contributed by atoms with E-state index in [1.807, 2.05) is 4.31 Å². The summed E-state index contributed by atoms with van der Waals surface area (Å²) in [6.07, 6.45) is -0.544. The first-order valence-electron chi connectivity index (χ1n) is 10.6. The number of rotatable bonds is 6. The molecule has 1 unspecified atom stereocenters. The van der Waals surface area contributed by atoms with E-state index in [1.54, 1.807) is 18.2 Å². The zero-order valence-corrected chi connectivity index (χ0v) is 19.5. The largest absolute Gasteiger partial charge is 0.433 e. The van der Waals surface area contributed by atoms with Gasteiger partial charge in [0.05, 0.1) is 24.0 Å². The first-order chi connectivity index (χ1) is 16.8. The van der Waals surface area contributed by atoms with E-state index < -0.39 is 11.9 Å². The number of benzene rings is 1. The lowest BCUT2D eigenvalue weighted by Crippen LogP contribution is -2.40. The Kier molecular flexibility index (Phi) is 9.13. The Bertz CT molecular complexity index is 1110. The van der Waals surface area contributed by atoms with Gasteiger partial charge in [0.1, 0.15) is 17.8 Å². The van der Waals surface area contributed by atoms with Gasteiger partial charge in [-0.05, 0) is 67.3 Å². The molecule has 3 heterocycles. The summed E-state index contributed by atoms with van der Waals surface area (Å²) in [7, 11) is 1.00. The second-order valence-corrected chi connectivity index (χ2v) is 8.51. The van der Waals surface area contributed by atoms with Gasteiger partial charge in [0.15, 0.2) is 0 Å². The summed E-state index contributed by atoms with van der Waals surface area (Å²) in [5.74, 6) is -0.468. The molecular weight excluding hydrogens is 486 g/mol. The fraction of sp³-hybridized carbons (Fsp3) is 0.304. The van der Waals surface area contributed by atoms with Crippen molar-refractivity contribution < 1.29 is 27.5 Å². The molecule has 2 aromatic heterocycles. The maximum Gasteiger partial charge on any atom is 0.433 e. The van der Waals surface area contributed by atoms with Crippen molar-refractivity contribution in [3.8, 4) is 11.3 Å². The molecule has 1 fully saturated rings. The van der Waals surface area contributed by atoms with E-state index in [-0.39, 0.29) is 24.3 Å². The zero-order chi connectivity index (χ0) is 25.4. The van der Waals surface area contributed by atoms with Gasteiger partial charge in [-0.15, -0.1) is 0 Å². The average Bonchev–Trinajstić information content (AvgIpc) is 3.33. The molecule has 0 radical (unpaired) electrons. The van der Waals surface area contributed by atoms with Crippen LogP contribution in [0.2, 0.25) is 0 Å². The predicted octanol–water partition coefficient (Wildman–Crippen LogP) is 4.09. The van der Waals surface area contributed by atoms with E-state index in [1.165, 1.54) is 36.5 Å². The lowest BCUT2D eigenvalue weighted by molar-refractivity contribution is -0.141. The second kappa shape index (κ2) is 12.0. The number of aliphatic hydroxyl groups is 1. The molecule has 35 heavy (non-hydrogen) atoms. The van der Waals surface area contributed by atoms with Crippen LogP contribution >= 0.6 is 11.9 Å². The van der Waals surface area contributed by atoms with Crippen LogP contribution in [0.4, 0.5) is 17.6 Å². The van der Waals surface area contributed by atoms with Gasteiger partial charge in [0, 0.05) is 30.3 Å². The highest BCUT2D eigenvalue weighted by atomic mass is 32.2. The van der Waals surface area contributed by atoms with E-state index in [4.69, 9.17) is 5.11 Å². The molecule has 4 rings (SSSR count). The lowest BCUT2D eigenvalue weighted by Gasteiger charge is -2.22. The standard InChI is InChI=1S/C22H19F4N5OS.CH4O/c23-15-4-6-17(7-5-15)33-31-9-1-2-19(31)21(32)28-12-16-10-18(30-13-29-16)14-3-8-20(27-11-14)22(24,25)26;1-2/h3-8,10-11,13,19H,1-2,9,12H2,(H,28,32);2H,1H3. The predicted molar refractivity (Wildman–Crippen MR) is 122 cm³/mol. The number of alkyl halides is 3. The Morgan fingerprint density at radius 1 is 1.14 bits per heavy atom. The smallest absolute Gasteiger partial charge is 0.400 e. The van der Waals surface area contributed by atoms with Crippen molar-refractivity contribution in [1.29, 1.82) is 0 Å². The number of carbonyl (C=O) groups excluding carboxylic acids is 1. The van der Waals surface area contributed by atoms with E-state index in [9.17, 15) is 22.4 Å². The molecule has 1 amide bonds. The normalized spacial score (nSPS) is 15.9. The minimum Gasteiger partial charge on any atom is -0.400 e. The average molecular weight is 510 g/mol. The van der Waals surface area contributed by atoms with Gasteiger partial charge >= 0.3 is 6.18 Å². The van der Waals surface area contributed by atoms with Crippen LogP contribution in [-0.4, -0.2) is 50.0 Å². The van der Waals surface area contributed by atoms with Crippen LogP contribution < -0.4 is 5.32 Å². The molecule has 0 aliphatic carbocycles. The van der Waals surface area contributed by atoms with E-state index in [0.29, 0.717) is 23.4 Å². The Balaban J connectivity index is 0.00000167. The summed E-state index contributed by atoms with van der Waals surface area (Å²) in [4.78, 5) is 25.3. The molecule has 0 spiro atoms. The molecular formula is C23H23F4N5O2S. The van der Waals surface area contributed by atoms with Crippen molar-refractivity contribution in [2.24, 2.45) is 0 Å². The highest BCUT2D eigenvalue weighted by Gasteiger charge is 2.32. The fourth-order valence-electron chi connectivity index (χ4n) is 3.40. The number of carbonyl (C=O) groups is 1. The number of hydrogen-bond donors (Lipinski definition) is 2. The van der Waals surface area contributed by atoms with E-state index >= 15 is 0 Å². The monoisotopic (exact) mass is 509 g/mol. The molecule has 1 saturated heterocycles. The molecule has 0 saturated carbocycles. The van der Waals surface area contributed by atoms with Gasteiger partial charge in [-0.2, -0.15) is 13.2 Å². The number of hydrogen-bond acceptors (Lipinski definition) is 7. The van der Waals surface area contributed by atoms with Gasteiger partial charge in [0.25, 0.3) is 0 Å². The summed E-state index contributed by atoms with van der Waals surface area (Å²) in [5, 5.41) is 9.86. The summed E-state index contributed by atoms with van der Waals surface area (Å²) in [5.41, 5.74) is 0.358. The SMILES string of the molecule is CO.O=C(NCc1cc(-c2ccc(C(F)(F)F)nc2)ncn1)C1CCCN1Sc1ccc(F)cc1. The summed E-state index contributed by atoms with van der Waals surface area (Å²) in [6, 6.07) is 9.57. The molecule has 1 aliphatic rings. The van der Waals surface area contributed by atoms with Gasteiger partial charge in [0.2, 0.25) is 5.91 Å². The Hall–Kier alpha value is -3.09. The van der Waals surface area contributed by atoms with Crippen LogP contribution in [0.1, 0.15) is 24.2 Å². The third-order valence-electron chi connectivity index (χ3n) is 5.06. The summed E-state index contributed by atoms with van der Waals surface area (Å²) >= 11 is 1.41. The van der Waals surface area contributed by atoms with Crippen LogP contribution in [-0.2, 0) is 17.5 Å². The molecule has 0 bridgehead atoms. The number of nitrogens with zero attached hydrogens (tertiary/aromatic N) is 4. The van der Waals surface area contributed by atoms with Gasteiger partial charge < -0.3 is 10.4 Å². The van der Waals surface area contributed by atoms with Crippen LogP contribution in [0.15, 0.2) is 59.9 Å². The molecule has 1 aromatic carbocycles. The van der Waals surface area contributed by atoms with Crippen molar-refractivity contribution in [3.63, 3.8) is 0 Å². The third-order valence-corrected chi connectivity index (χ3v) is 6.21. The topological polar surface area (TPSA) is 91.2 Å². The van der Waals surface area contributed by atoms with Crippen LogP contribution in [0.3, 0.4) is 0 Å². The Labute approximate surface area is 203 Å². The fourth-order valence-corrected chi connectivity index (χ4v) is 4.48. The van der Waals surface area contributed by atoms with Gasteiger partial charge in [-0.25, -0.2) is 18.7 Å². The van der Waals surface area contributed by atoms with Crippen molar-refractivity contribution in [2.45, 2.75) is 36.5 Å². The van der Waals surface area contributed by atoms with Crippen LogP contribution in [0.5, 0.6) is 0 Å². The quantitative estimate of drug-likeness (QED) is 0.382. The maximum absolute atomic E-state index is 13.1. The molecule has 1 atom stereocenters. The Morgan fingerprint density at radius 3 is 2.54 bits per heavy atom. The first-order valence-corrected chi connectivity index (χ1v) is 11.3. The van der Waals surface area contributed by atoms with Gasteiger partial charge in [-0.3, -0.25) is 9.78 Å². The number of nitrogens with one attached hydrogen (secondary N) is 1. The van der Waals surface area contributed by atoms with E-state index in [0.717, 1.165) is 37.2 Å². The molecule has 1 aliphatic heterocycles. The van der Waals surface area contributed by atoms with Crippen molar-refractivity contribution >= 4 is 17.9 Å². The number of aromatic nitrogens is 3. The highest BCUT2D eigenvalue weighted by Crippen LogP contribution is 2.31. The number of halogens is 4. The molecule has 12 heteroatoms. The first kappa shape index (κ1) is 26.5. The van der Waals surface area contributed by atoms with Crippen molar-refractivity contribution in [1.82, 2.24) is 24.6 Å². The van der Waals surface area contributed by atoms with Crippen LogP contribution in [0, 0.1) is 5.82 Å². The van der Waals surface area contributed by atoms with Gasteiger partial charge in [-0.1, -0.05) is 0 Å². The van der Waals surface area contributed by atoms with E-state index in [2.05, 4.69) is 20.3 Å². The highest BCUT2D eigenvalue weighted by molar-refractivity contribution is 7.97. The second-order valence-electron chi connectivity index (χ2n) is 7.39. The summed E-state index contributed by atoms with van der Waals surface area (Å²) in [6.45, 7) is 0.882. The van der Waals surface area contributed by atoms with Crippen molar-refractivity contribution in [2.75, 3.05) is 13.7 Å². The van der Waals surface area contributed by atoms with Crippen molar-refractivity contribution in [3.05, 3.63) is 72.2 Å². The number of amides is 1. The number of aliphatic hydroxyl groups excluding tert-OH is 1.